The maximum atomic E-state index is 13.9. The molecule has 1 spiro atoms. The standard InChI is InChI=1S/C30H43N3O5/c1-20-21-12-15-30(26(20)35)23(17-21)29-14-10-13-28(2,19-37-27(29)36)22(29)18-24(30)38-25(34)11-8-6-4-3-5-7-9-16-32-33-31/h21-24H,1,3-19H2,2H3/t21-,22?,23?,24+,28-,29?,30+/m0/s1. The van der Waals surface area contributed by atoms with Crippen LogP contribution in [-0.2, 0) is 23.9 Å². The van der Waals surface area contributed by atoms with Crippen LogP contribution in [0, 0.1) is 34.0 Å². The van der Waals surface area contributed by atoms with Crippen LogP contribution in [0.2, 0.25) is 0 Å². The first-order valence-corrected chi connectivity index (χ1v) is 14.9. The summed E-state index contributed by atoms with van der Waals surface area (Å²) in [4.78, 5) is 43.4. The molecule has 38 heavy (non-hydrogen) atoms. The molecule has 0 aromatic heterocycles. The molecular formula is C30H43N3O5. The van der Waals surface area contributed by atoms with Crippen molar-refractivity contribution in [1.82, 2.24) is 0 Å². The van der Waals surface area contributed by atoms with E-state index in [-0.39, 0.29) is 40.9 Å². The first kappa shape index (κ1) is 27.2. The van der Waals surface area contributed by atoms with E-state index in [2.05, 4.69) is 23.5 Å². The van der Waals surface area contributed by atoms with E-state index in [1.165, 1.54) is 0 Å². The largest absolute Gasteiger partial charge is 0.465 e. The average Bonchev–Trinajstić information content (AvgIpc) is 2.90. The highest BCUT2D eigenvalue weighted by Crippen LogP contribution is 2.73. The molecule has 1 saturated heterocycles. The number of cyclic esters (lactones) is 1. The van der Waals surface area contributed by atoms with Crippen molar-refractivity contribution in [2.45, 2.75) is 109 Å². The van der Waals surface area contributed by atoms with Gasteiger partial charge in [0.25, 0.3) is 0 Å². The van der Waals surface area contributed by atoms with Crippen LogP contribution < -0.4 is 0 Å². The smallest absolute Gasteiger partial charge is 0.312 e. The maximum Gasteiger partial charge on any atom is 0.312 e. The highest BCUT2D eigenvalue weighted by atomic mass is 16.5. The molecule has 6 aliphatic rings. The highest BCUT2D eigenvalue weighted by Gasteiger charge is 2.76. The van der Waals surface area contributed by atoms with Crippen molar-refractivity contribution in [1.29, 1.82) is 0 Å². The van der Waals surface area contributed by atoms with Crippen molar-refractivity contribution >= 4 is 17.7 Å². The fourth-order valence-corrected chi connectivity index (χ4v) is 9.24. The van der Waals surface area contributed by atoms with Gasteiger partial charge in [0.15, 0.2) is 5.78 Å². The monoisotopic (exact) mass is 525 g/mol. The van der Waals surface area contributed by atoms with Crippen LogP contribution in [0.15, 0.2) is 17.3 Å². The van der Waals surface area contributed by atoms with Crippen LogP contribution in [0.4, 0.5) is 0 Å². The Balaban J connectivity index is 1.25. The molecule has 8 nitrogen and oxygen atoms in total. The molecule has 0 aromatic carbocycles. The number of carbonyl (C=O) groups is 3. The molecule has 1 aliphatic heterocycles. The molecule has 7 atom stereocenters. The Kier molecular flexibility index (Phi) is 7.65. The molecule has 6 rings (SSSR count). The van der Waals surface area contributed by atoms with E-state index >= 15 is 0 Å². The van der Waals surface area contributed by atoms with E-state index in [1.54, 1.807) is 0 Å². The van der Waals surface area contributed by atoms with Crippen LogP contribution in [0.25, 0.3) is 10.4 Å². The summed E-state index contributed by atoms with van der Waals surface area (Å²) >= 11 is 0. The fourth-order valence-electron chi connectivity index (χ4n) is 9.24. The number of allylic oxidation sites excluding steroid dienone is 1. The summed E-state index contributed by atoms with van der Waals surface area (Å²) in [6.45, 7) is 7.38. The van der Waals surface area contributed by atoms with Crippen LogP contribution in [-0.4, -0.2) is 37.0 Å². The Morgan fingerprint density at radius 2 is 1.79 bits per heavy atom. The zero-order chi connectivity index (χ0) is 27.0. The van der Waals surface area contributed by atoms with Gasteiger partial charge in [-0.1, -0.05) is 57.1 Å². The van der Waals surface area contributed by atoms with Crippen molar-refractivity contribution in [3.8, 4) is 0 Å². The van der Waals surface area contributed by atoms with E-state index < -0.39 is 16.9 Å². The number of esters is 2. The van der Waals surface area contributed by atoms with E-state index in [0.717, 1.165) is 77.0 Å². The van der Waals surface area contributed by atoms with Gasteiger partial charge >= 0.3 is 11.9 Å². The van der Waals surface area contributed by atoms with Gasteiger partial charge in [0.05, 0.1) is 17.4 Å². The molecule has 6 fully saturated rings. The zero-order valence-electron chi connectivity index (χ0n) is 22.9. The minimum Gasteiger partial charge on any atom is -0.465 e. The summed E-state index contributed by atoms with van der Waals surface area (Å²) in [7, 11) is 0. The fraction of sp³-hybridized carbons (Fsp3) is 0.833. The maximum absolute atomic E-state index is 13.9. The van der Waals surface area contributed by atoms with Gasteiger partial charge < -0.3 is 9.47 Å². The number of ketones is 1. The summed E-state index contributed by atoms with van der Waals surface area (Å²) in [6.07, 6.45) is 12.6. The minimum absolute atomic E-state index is 0.0433. The van der Waals surface area contributed by atoms with Crippen LogP contribution >= 0.6 is 0 Å². The lowest BCUT2D eigenvalue weighted by Crippen LogP contribution is -2.73. The number of azide groups is 1. The number of ether oxygens (including phenoxy) is 2. The summed E-state index contributed by atoms with van der Waals surface area (Å²) in [6, 6.07) is 0. The quantitative estimate of drug-likeness (QED) is 0.0749. The summed E-state index contributed by atoms with van der Waals surface area (Å²) < 4.78 is 12.1. The van der Waals surface area contributed by atoms with Gasteiger partial charge in [-0.15, -0.1) is 0 Å². The van der Waals surface area contributed by atoms with Gasteiger partial charge in [-0.25, -0.2) is 0 Å². The van der Waals surface area contributed by atoms with Crippen molar-refractivity contribution in [2.24, 2.45) is 39.1 Å². The number of nitrogens with zero attached hydrogens (tertiary/aromatic N) is 3. The topological polar surface area (TPSA) is 118 Å². The van der Waals surface area contributed by atoms with Crippen molar-refractivity contribution in [3.05, 3.63) is 22.6 Å². The predicted octanol–water partition coefficient (Wildman–Crippen LogP) is 6.62. The second-order valence-electron chi connectivity index (χ2n) is 13.0. The number of unbranched alkanes of at least 4 members (excludes halogenated alkanes) is 6. The summed E-state index contributed by atoms with van der Waals surface area (Å²) in [5.41, 5.74) is 7.39. The lowest BCUT2D eigenvalue weighted by atomic mass is 9.35. The van der Waals surface area contributed by atoms with Gasteiger partial charge in [0.1, 0.15) is 6.10 Å². The third kappa shape index (κ3) is 4.27. The lowest BCUT2D eigenvalue weighted by Gasteiger charge is -2.69. The summed E-state index contributed by atoms with van der Waals surface area (Å²) in [5.74, 6) is -0.208. The molecule has 0 amide bonds. The number of hydrogen-bond donors (Lipinski definition) is 0. The van der Waals surface area contributed by atoms with Gasteiger partial charge in [0.2, 0.25) is 0 Å². The lowest BCUT2D eigenvalue weighted by molar-refractivity contribution is -0.257. The highest BCUT2D eigenvalue weighted by molar-refractivity contribution is 6.03. The Bertz CT molecular complexity index is 1040. The molecule has 4 bridgehead atoms. The molecule has 0 aromatic rings. The van der Waals surface area contributed by atoms with E-state index in [1.807, 2.05) is 0 Å². The molecule has 0 N–H and O–H groups in total. The average molecular weight is 526 g/mol. The molecule has 1 heterocycles. The minimum atomic E-state index is -0.831. The number of Topliss-reactive ketones (excluding diaryl/α,β-unsaturated/α-hetero) is 1. The molecule has 208 valence electrons. The van der Waals surface area contributed by atoms with Crippen molar-refractivity contribution in [2.75, 3.05) is 13.2 Å². The second kappa shape index (κ2) is 10.7. The first-order chi connectivity index (χ1) is 18.3. The molecular weight excluding hydrogens is 482 g/mol. The van der Waals surface area contributed by atoms with Crippen LogP contribution in [0.1, 0.15) is 103 Å². The van der Waals surface area contributed by atoms with Gasteiger partial charge in [-0.2, -0.15) is 0 Å². The van der Waals surface area contributed by atoms with Gasteiger partial charge in [-0.05, 0) is 80.2 Å². The van der Waals surface area contributed by atoms with Gasteiger partial charge in [-0.3, -0.25) is 14.4 Å². The zero-order valence-corrected chi connectivity index (χ0v) is 22.9. The van der Waals surface area contributed by atoms with Crippen LogP contribution in [0.3, 0.4) is 0 Å². The Morgan fingerprint density at radius 1 is 1.05 bits per heavy atom. The molecule has 3 unspecified atom stereocenters. The molecule has 5 aliphatic carbocycles. The molecule has 0 radical (unpaired) electrons. The third-order valence-electron chi connectivity index (χ3n) is 11.1. The van der Waals surface area contributed by atoms with E-state index in [9.17, 15) is 14.4 Å². The Labute approximate surface area is 225 Å². The molecule has 8 heteroatoms. The van der Waals surface area contributed by atoms with Gasteiger partial charge in [0, 0.05) is 23.3 Å². The summed E-state index contributed by atoms with van der Waals surface area (Å²) in [5, 5.41) is 3.56. The third-order valence-corrected chi connectivity index (χ3v) is 11.1. The first-order valence-electron chi connectivity index (χ1n) is 14.9. The van der Waals surface area contributed by atoms with Crippen molar-refractivity contribution in [3.63, 3.8) is 0 Å². The SMILES string of the molecule is C=C1C(=O)[C@]23CC[C@H]1CC2C12CCC[C@@](C)(COC1=O)C2C[C@H]3OC(=O)CCCCCCCCCN=[N+]=[N-]. The number of carbonyl (C=O) groups excluding carboxylic acids is 3. The normalized spacial score (nSPS) is 39.0. The van der Waals surface area contributed by atoms with Crippen LogP contribution in [0.5, 0.6) is 0 Å². The Morgan fingerprint density at radius 3 is 2.55 bits per heavy atom. The predicted molar refractivity (Wildman–Crippen MR) is 142 cm³/mol. The second-order valence-corrected chi connectivity index (χ2v) is 13.0. The number of fused-ring (bicyclic) bond motifs is 2. The van der Waals surface area contributed by atoms with E-state index in [0.29, 0.717) is 38.0 Å². The van der Waals surface area contributed by atoms with Crippen molar-refractivity contribution < 1.29 is 23.9 Å². The molecule has 5 saturated carbocycles. The van der Waals surface area contributed by atoms with E-state index in [4.69, 9.17) is 15.0 Å². The number of rotatable bonds is 11. The number of hydrogen-bond acceptors (Lipinski definition) is 6. The Hall–Kier alpha value is -2.34.